The van der Waals surface area contributed by atoms with Crippen LogP contribution in [0, 0.1) is 0 Å². The fourth-order valence-electron chi connectivity index (χ4n) is 2.87. The molecule has 1 amide bonds. The topological polar surface area (TPSA) is 52.6 Å². The minimum atomic E-state index is -0.239. The predicted molar refractivity (Wildman–Crippen MR) is 73.0 cm³/mol. The van der Waals surface area contributed by atoms with Crippen molar-refractivity contribution in [3.05, 3.63) is 34.9 Å². The van der Waals surface area contributed by atoms with Crippen molar-refractivity contribution in [1.29, 1.82) is 0 Å². The van der Waals surface area contributed by atoms with Crippen molar-refractivity contribution in [3.63, 3.8) is 0 Å². The molecule has 0 bridgehead atoms. The van der Waals surface area contributed by atoms with Gasteiger partial charge in [0.05, 0.1) is 6.10 Å². The summed E-state index contributed by atoms with van der Waals surface area (Å²) in [6, 6.07) is 6.05. The third-order valence-electron chi connectivity index (χ3n) is 4.09. The molecule has 1 aromatic carbocycles. The summed E-state index contributed by atoms with van der Waals surface area (Å²) in [6.07, 6.45) is 2.19. The summed E-state index contributed by atoms with van der Waals surface area (Å²) in [7, 11) is 0. The minimum absolute atomic E-state index is 0.0975. The molecule has 0 aliphatic carbocycles. The van der Waals surface area contributed by atoms with Crippen molar-refractivity contribution in [2.45, 2.75) is 31.9 Å². The molecular formula is C15H20N2O2. The van der Waals surface area contributed by atoms with Gasteiger partial charge in [-0.3, -0.25) is 4.79 Å². The molecule has 2 aliphatic heterocycles. The lowest BCUT2D eigenvalue weighted by atomic mass is 9.97. The van der Waals surface area contributed by atoms with Gasteiger partial charge in [-0.05, 0) is 49.1 Å². The van der Waals surface area contributed by atoms with Gasteiger partial charge in [0, 0.05) is 25.2 Å². The zero-order chi connectivity index (χ0) is 13.2. The van der Waals surface area contributed by atoms with Crippen molar-refractivity contribution in [1.82, 2.24) is 10.2 Å². The van der Waals surface area contributed by atoms with Crippen LogP contribution in [0.1, 0.15) is 34.3 Å². The Hall–Kier alpha value is -1.39. The maximum absolute atomic E-state index is 12.4. The highest BCUT2D eigenvalue weighted by molar-refractivity contribution is 5.94. The standard InChI is InChI=1S/C15H20N2O2/c18-14-4-7-17(8-5-14)15(19)12-2-1-11-3-6-16-10-13(11)9-12/h1-2,9,14,16,18H,3-8,10H2. The summed E-state index contributed by atoms with van der Waals surface area (Å²) in [4.78, 5) is 14.3. The van der Waals surface area contributed by atoms with Crippen LogP contribution in [0.4, 0.5) is 0 Å². The Labute approximate surface area is 113 Å². The average Bonchev–Trinajstić information content (AvgIpc) is 2.47. The Morgan fingerprint density at radius 2 is 2.05 bits per heavy atom. The molecule has 0 unspecified atom stereocenters. The third-order valence-corrected chi connectivity index (χ3v) is 4.09. The van der Waals surface area contributed by atoms with Gasteiger partial charge in [-0.2, -0.15) is 0 Å². The Morgan fingerprint density at radius 3 is 2.84 bits per heavy atom. The first kappa shape index (κ1) is 12.6. The van der Waals surface area contributed by atoms with E-state index in [2.05, 4.69) is 11.4 Å². The van der Waals surface area contributed by atoms with Gasteiger partial charge in [-0.15, -0.1) is 0 Å². The molecule has 4 heteroatoms. The van der Waals surface area contributed by atoms with Gasteiger partial charge in [0.25, 0.3) is 5.91 Å². The van der Waals surface area contributed by atoms with Gasteiger partial charge < -0.3 is 15.3 Å². The maximum atomic E-state index is 12.4. The molecule has 1 saturated heterocycles. The molecule has 0 spiro atoms. The van der Waals surface area contributed by atoms with E-state index in [0.717, 1.165) is 25.1 Å². The molecular weight excluding hydrogens is 240 g/mol. The molecule has 4 nitrogen and oxygen atoms in total. The lowest BCUT2D eigenvalue weighted by Crippen LogP contribution is -2.40. The van der Waals surface area contributed by atoms with Crippen molar-refractivity contribution in [2.75, 3.05) is 19.6 Å². The van der Waals surface area contributed by atoms with Gasteiger partial charge in [0.1, 0.15) is 0 Å². The zero-order valence-corrected chi connectivity index (χ0v) is 11.1. The molecule has 0 radical (unpaired) electrons. The molecule has 1 fully saturated rings. The summed E-state index contributed by atoms with van der Waals surface area (Å²) in [5.74, 6) is 0.0975. The second-order valence-corrected chi connectivity index (χ2v) is 5.43. The fourth-order valence-corrected chi connectivity index (χ4v) is 2.87. The molecule has 0 saturated carbocycles. The first-order valence-electron chi connectivity index (χ1n) is 7.04. The van der Waals surface area contributed by atoms with Gasteiger partial charge >= 0.3 is 0 Å². The largest absolute Gasteiger partial charge is 0.393 e. The lowest BCUT2D eigenvalue weighted by molar-refractivity contribution is 0.0546. The van der Waals surface area contributed by atoms with E-state index in [4.69, 9.17) is 0 Å². The van der Waals surface area contributed by atoms with E-state index >= 15 is 0 Å². The molecule has 3 rings (SSSR count). The number of fused-ring (bicyclic) bond motifs is 1. The zero-order valence-electron chi connectivity index (χ0n) is 11.1. The molecule has 2 N–H and O–H groups in total. The van der Waals surface area contributed by atoms with Crippen LogP contribution < -0.4 is 5.32 Å². The van der Waals surface area contributed by atoms with Crippen molar-refractivity contribution in [2.24, 2.45) is 0 Å². The van der Waals surface area contributed by atoms with Crippen LogP contribution in [0.5, 0.6) is 0 Å². The number of benzene rings is 1. The van der Waals surface area contributed by atoms with E-state index < -0.39 is 0 Å². The SMILES string of the molecule is O=C(c1ccc2c(c1)CNCC2)N1CCC(O)CC1. The van der Waals surface area contributed by atoms with Gasteiger partial charge in [-0.25, -0.2) is 0 Å². The molecule has 2 heterocycles. The van der Waals surface area contributed by atoms with Crippen LogP contribution in [0.2, 0.25) is 0 Å². The van der Waals surface area contributed by atoms with E-state index in [1.807, 2.05) is 17.0 Å². The summed E-state index contributed by atoms with van der Waals surface area (Å²) in [5.41, 5.74) is 3.37. The number of hydrogen-bond donors (Lipinski definition) is 2. The number of hydrogen-bond acceptors (Lipinski definition) is 3. The van der Waals surface area contributed by atoms with Crippen molar-refractivity contribution in [3.8, 4) is 0 Å². The predicted octanol–water partition coefficient (Wildman–Crippen LogP) is 0.929. The number of likely N-dealkylation sites (tertiary alicyclic amines) is 1. The Morgan fingerprint density at radius 1 is 1.26 bits per heavy atom. The summed E-state index contributed by atoms with van der Waals surface area (Å²) in [6.45, 7) is 3.20. The van der Waals surface area contributed by atoms with Crippen LogP contribution in [0.15, 0.2) is 18.2 Å². The number of amides is 1. The summed E-state index contributed by atoms with van der Waals surface area (Å²) >= 11 is 0. The van der Waals surface area contributed by atoms with Crippen molar-refractivity contribution >= 4 is 5.91 Å². The van der Waals surface area contributed by atoms with Crippen LogP contribution in [-0.4, -0.2) is 41.7 Å². The Kier molecular flexibility index (Phi) is 3.53. The number of piperidine rings is 1. The second-order valence-electron chi connectivity index (χ2n) is 5.43. The minimum Gasteiger partial charge on any atom is -0.393 e. The van der Waals surface area contributed by atoms with Crippen LogP contribution >= 0.6 is 0 Å². The van der Waals surface area contributed by atoms with E-state index in [1.54, 1.807) is 0 Å². The smallest absolute Gasteiger partial charge is 0.253 e. The fraction of sp³-hybridized carbons (Fsp3) is 0.533. The van der Waals surface area contributed by atoms with Gasteiger partial charge in [-0.1, -0.05) is 6.07 Å². The number of aliphatic hydroxyl groups is 1. The molecule has 1 aromatic rings. The highest BCUT2D eigenvalue weighted by Gasteiger charge is 2.23. The monoisotopic (exact) mass is 260 g/mol. The summed E-state index contributed by atoms with van der Waals surface area (Å²) in [5, 5.41) is 12.8. The maximum Gasteiger partial charge on any atom is 0.253 e. The second kappa shape index (κ2) is 5.31. The van der Waals surface area contributed by atoms with E-state index in [-0.39, 0.29) is 12.0 Å². The highest BCUT2D eigenvalue weighted by atomic mass is 16.3. The third kappa shape index (κ3) is 2.65. The molecule has 0 aromatic heterocycles. The van der Waals surface area contributed by atoms with E-state index in [9.17, 15) is 9.90 Å². The number of aliphatic hydroxyl groups excluding tert-OH is 1. The Bertz CT molecular complexity index is 479. The number of rotatable bonds is 1. The van der Waals surface area contributed by atoms with Gasteiger partial charge in [0.15, 0.2) is 0 Å². The van der Waals surface area contributed by atoms with E-state index in [1.165, 1.54) is 11.1 Å². The number of carbonyl (C=O) groups is 1. The molecule has 19 heavy (non-hydrogen) atoms. The number of nitrogens with zero attached hydrogens (tertiary/aromatic N) is 1. The van der Waals surface area contributed by atoms with Crippen LogP contribution in [0.3, 0.4) is 0 Å². The first-order valence-corrected chi connectivity index (χ1v) is 7.04. The van der Waals surface area contributed by atoms with Crippen LogP contribution in [-0.2, 0) is 13.0 Å². The lowest BCUT2D eigenvalue weighted by Gasteiger charge is -2.30. The van der Waals surface area contributed by atoms with Crippen LogP contribution in [0.25, 0.3) is 0 Å². The Balaban J connectivity index is 1.76. The molecule has 2 aliphatic rings. The number of nitrogens with one attached hydrogen (secondary N) is 1. The van der Waals surface area contributed by atoms with Crippen molar-refractivity contribution < 1.29 is 9.90 Å². The molecule has 0 atom stereocenters. The first-order chi connectivity index (χ1) is 9.24. The van der Waals surface area contributed by atoms with E-state index in [0.29, 0.717) is 25.9 Å². The molecule has 102 valence electrons. The summed E-state index contributed by atoms with van der Waals surface area (Å²) < 4.78 is 0. The normalized spacial score (nSPS) is 20.2. The highest BCUT2D eigenvalue weighted by Crippen LogP contribution is 2.19. The number of carbonyl (C=O) groups excluding carboxylic acids is 1. The quantitative estimate of drug-likeness (QED) is 0.790. The van der Waals surface area contributed by atoms with Gasteiger partial charge in [0.2, 0.25) is 0 Å². The average molecular weight is 260 g/mol.